The van der Waals surface area contributed by atoms with E-state index < -0.39 is 6.04 Å². The Bertz CT molecular complexity index is 620. The highest BCUT2D eigenvalue weighted by atomic mass is 35.5. The highest BCUT2D eigenvalue weighted by molar-refractivity contribution is 6.30. The lowest BCUT2D eigenvalue weighted by molar-refractivity contribution is -0.154. The lowest BCUT2D eigenvalue weighted by atomic mass is 9.96. The van der Waals surface area contributed by atoms with Crippen LogP contribution < -0.4 is 5.32 Å². The zero-order chi connectivity index (χ0) is 16.6. The molecule has 0 aromatic heterocycles. The molecule has 2 atom stereocenters. The van der Waals surface area contributed by atoms with Crippen molar-refractivity contribution in [3.8, 4) is 0 Å². The molecule has 0 unspecified atom stereocenters. The van der Waals surface area contributed by atoms with E-state index >= 15 is 0 Å². The van der Waals surface area contributed by atoms with Crippen molar-refractivity contribution in [3.63, 3.8) is 0 Å². The number of nitrogens with zero attached hydrogens (tertiary/aromatic N) is 2. The Hall–Kier alpha value is -1.59. The van der Waals surface area contributed by atoms with Gasteiger partial charge in [-0.05, 0) is 23.6 Å². The Morgan fingerprint density at radius 3 is 2.78 bits per heavy atom. The summed E-state index contributed by atoms with van der Waals surface area (Å²) in [7, 11) is 0. The van der Waals surface area contributed by atoms with Crippen LogP contribution in [-0.2, 0) is 16.1 Å². The minimum absolute atomic E-state index is 0.0425. The first-order valence-electron chi connectivity index (χ1n) is 8.03. The van der Waals surface area contributed by atoms with E-state index in [1.165, 1.54) is 0 Å². The summed E-state index contributed by atoms with van der Waals surface area (Å²) >= 11 is 6.03. The molecule has 5 nitrogen and oxygen atoms in total. The molecule has 124 valence electrons. The molecule has 2 amide bonds. The number of carbonyl (C=O) groups excluding carboxylic acids is 2. The first-order chi connectivity index (χ1) is 11.0. The van der Waals surface area contributed by atoms with Crippen LogP contribution in [0.25, 0.3) is 0 Å². The standard InChI is InChI=1S/C17H22ClN3O2/c1-11(2)15-17(23)21-7-6-20(10-14(21)16(22)19-15)9-12-4-3-5-13(18)8-12/h3-5,8,11,14-15H,6-7,9-10H2,1-2H3,(H,19,22)/t14-,15+/m1/s1. The minimum Gasteiger partial charge on any atom is -0.342 e. The third-order valence-electron chi connectivity index (χ3n) is 4.58. The van der Waals surface area contributed by atoms with Crippen molar-refractivity contribution >= 4 is 23.4 Å². The monoisotopic (exact) mass is 335 g/mol. The number of benzene rings is 1. The molecule has 23 heavy (non-hydrogen) atoms. The molecule has 0 aliphatic carbocycles. The van der Waals surface area contributed by atoms with E-state index in [1.54, 1.807) is 4.90 Å². The largest absolute Gasteiger partial charge is 0.342 e. The molecule has 0 bridgehead atoms. The fraction of sp³-hybridized carbons (Fsp3) is 0.529. The molecule has 2 fully saturated rings. The number of hydrogen-bond acceptors (Lipinski definition) is 3. The number of amides is 2. The molecule has 1 aromatic rings. The van der Waals surface area contributed by atoms with Gasteiger partial charge in [0, 0.05) is 31.2 Å². The van der Waals surface area contributed by atoms with E-state index in [1.807, 2.05) is 38.1 Å². The summed E-state index contributed by atoms with van der Waals surface area (Å²) in [6.45, 7) is 6.58. The van der Waals surface area contributed by atoms with Gasteiger partial charge in [-0.15, -0.1) is 0 Å². The highest BCUT2D eigenvalue weighted by Crippen LogP contribution is 2.21. The van der Waals surface area contributed by atoms with E-state index in [4.69, 9.17) is 11.6 Å². The number of nitrogens with one attached hydrogen (secondary N) is 1. The lowest BCUT2D eigenvalue weighted by Gasteiger charge is -2.46. The summed E-state index contributed by atoms with van der Waals surface area (Å²) in [5.41, 5.74) is 1.12. The van der Waals surface area contributed by atoms with Crippen LogP contribution in [0.4, 0.5) is 0 Å². The summed E-state index contributed by atoms with van der Waals surface area (Å²) < 4.78 is 0. The molecule has 3 rings (SSSR count). The summed E-state index contributed by atoms with van der Waals surface area (Å²) in [5.74, 6) is 0.114. The molecule has 2 heterocycles. The maximum Gasteiger partial charge on any atom is 0.246 e. The van der Waals surface area contributed by atoms with E-state index in [0.29, 0.717) is 18.1 Å². The van der Waals surface area contributed by atoms with Gasteiger partial charge in [0.15, 0.2) is 0 Å². The molecular formula is C17H22ClN3O2. The zero-order valence-electron chi connectivity index (χ0n) is 13.5. The quantitative estimate of drug-likeness (QED) is 0.911. The Morgan fingerprint density at radius 1 is 1.30 bits per heavy atom. The van der Waals surface area contributed by atoms with Crippen LogP contribution in [0.2, 0.25) is 5.02 Å². The zero-order valence-corrected chi connectivity index (χ0v) is 14.2. The Kier molecular flexibility index (Phi) is 4.60. The summed E-state index contributed by atoms with van der Waals surface area (Å²) in [6, 6.07) is 6.97. The second-order valence-electron chi connectivity index (χ2n) is 6.64. The van der Waals surface area contributed by atoms with Crippen LogP contribution in [0.5, 0.6) is 0 Å². The molecule has 0 spiro atoms. The number of halogens is 1. The Balaban J connectivity index is 1.69. The summed E-state index contributed by atoms with van der Waals surface area (Å²) in [6.07, 6.45) is 0. The summed E-state index contributed by atoms with van der Waals surface area (Å²) in [4.78, 5) is 28.9. The molecule has 2 aliphatic rings. The SMILES string of the molecule is CC(C)[C@@H]1NC(=O)[C@H]2CN(Cc3cccc(Cl)c3)CCN2C1=O. The third kappa shape index (κ3) is 3.35. The second-order valence-corrected chi connectivity index (χ2v) is 7.08. The maximum absolute atomic E-state index is 12.5. The van der Waals surface area contributed by atoms with Crippen LogP contribution in [0.1, 0.15) is 19.4 Å². The maximum atomic E-state index is 12.5. The van der Waals surface area contributed by atoms with E-state index in [2.05, 4.69) is 10.2 Å². The fourth-order valence-electron chi connectivity index (χ4n) is 3.31. The Labute approximate surface area is 141 Å². The van der Waals surface area contributed by atoms with Crippen molar-refractivity contribution in [2.24, 2.45) is 5.92 Å². The first-order valence-corrected chi connectivity index (χ1v) is 8.41. The van der Waals surface area contributed by atoms with Gasteiger partial charge >= 0.3 is 0 Å². The van der Waals surface area contributed by atoms with Crippen molar-refractivity contribution in [3.05, 3.63) is 34.9 Å². The molecule has 0 saturated carbocycles. The van der Waals surface area contributed by atoms with Crippen LogP contribution in [0.15, 0.2) is 24.3 Å². The topological polar surface area (TPSA) is 52.7 Å². The second kappa shape index (κ2) is 6.49. The van der Waals surface area contributed by atoms with Crippen molar-refractivity contribution in [1.82, 2.24) is 15.1 Å². The van der Waals surface area contributed by atoms with Gasteiger partial charge in [0.1, 0.15) is 12.1 Å². The smallest absolute Gasteiger partial charge is 0.246 e. The van der Waals surface area contributed by atoms with Crippen molar-refractivity contribution in [1.29, 1.82) is 0 Å². The molecule has 2 aliphatic heterocycles. The van der Waals surface area contributed by atoms with E-state index in [-0.39, 0.29) is 23.8 Å². The van der Waals surface area contributed by atoms with Gasteiger partial charge in [0.25, 0.3) is 0 Å². The third-order valence-corrected chi connectivity index (χ3v) is 4.81. The Morgan fingerprint density at radius 2 is 2.09 bits per heavy atom. The highest BCUT2D eigenvalue weighted by Gasteiger charge is 2.44. The fourth-order valence-corrected chi connectivity index (χ4v) is 3.52. The van der Waals surface area contributed by atoms with Gasteiger partial charge in [-0.3, -0.25) is 14.5 Å². The molecule has 1 aromatic carbocycles. The van der Waals surface area contributed by atoms with Gasteiger partial charge in [-0.2, -0.15) is 0 Å². The van der Waals surface area contributed by atoms with E-state index in [9.17, 15) is 9.59 Å². The van der Waals surface area contributed by atoms with Gasteiger partial charge in [0.2, 0.25) is 11.8 Å². The summed E-state index contributed by atoms with van der Waals surface area (Å²) in [5, 5.41) is 3.59. The van der Waals surface area contributed by atoms with Crippen molar-refractivity contribution in [2.75, 3.05) is 19.6 Å². The van der Waals surface area contributed by atoms with Crippen molar-refractivity contribution in [2.45, 2.75) is 32.5 Å². The first kappa shape index (κ1) is 16.3. The molecule has 0 radical (unpaired) electrons. The minimum atomic E-state index is -0.391. The average molecular weight is 336 g/mol. The number of rotatable bonds is 3. The number of fused-ring (bicyclic) bond motifs is 1. The van der Waals surface area contributed by atoms with E-state index in [0.717, 1.165) is 18.7 Å². The van der Waals surface area contributed by atoms with Gasteiger partial charge in [-0.25, -0.2) is 0 Å². The van der Waals surface area contributed by atoms with Gasteiger partial charge in [-0.1, -0.05) is 37.6 Å². The number of piperazine rings is 2. The predicted octanol–water partition coefficient (Wildman–Crippen LogP) is 1.51. The molecule has 6 heteroatoms. The number of carbonyl (C=O) groups is 2. The average Bonchev–Trinajstić information content (AvgIpc) is 2.50. The van der Waals surface area contributed by atoms with Crippen LogP contribution in [0, 0.1) is 5.92 Å². The van der Waals surface area contributed by atoms with Crippen LogP contribution in [-0.4, -0.2) is 53.3 Å². The molecular weight excluding hydrogens is 314 g/mol. The molecule has 2 saturated heterocycles. The predicted molar refractivity (Wildman–Crippen MR) is 89.0 cm³/mol. The van der Waals surface area contributed by atoms with Crippen LogP contribution in [0.3, 0.4) is 0 Å². The molecule has 1 N–H and O–H groups in total. The normalized spacial score (nSPS) is 25.5. The van der Waals surface area contributed by atoms with Gasteiger partial charge < -0.3 is 10.2 Å². The van der Waals surface area contributed by atoms with Gasteiger partial charge in [0.05, 0.1) is 0 Å². The van der Waals surface area contributed by atoms with Crippen molar-refractivity contribution < 1.29 is 9.59 Å². The lowest BCUT2D eigenvalue weighted by Crippen LogP contribution is -2.70. The van der Waals surface area contributed by atoms with Crippen LogP contribution >= 0.6 is 11.6 Å². The number of hydrogen-bond donors (Lipinski definition) is 1.